The van der Waals surface area contributed by atoms with E-state index in [0.29, 0.717) is 5.56 Å². The van der Waals surface area contributed by atoms with Crippen LogP contribution in [0.25, 0.3) is 0 Å². The number of halogens is 3. The largest absolute Gasteiger partial charge is 0.416 e. The van der Waals surface area contributed by atoms with Crippen LogP contribution >= 0.6 is 0 Å². The summed E-state index contributed by atoms with van der Waals surface area (Å²) in [6.07, 6.45) is -3.56. The van der Waals surface area contributed by atoms with E-state index in [0.717, 1.165) is 25.6 Å². The van der Waals surface area contributed by atoms with Gasteiger partial charge in [0, 0.05) is 19.7 Å². The van der Waals surface area contributed by atoms with Crippen molar-refractivity contribution in [1.82, 2.24) is 4.90 Å². The van der Waals surface area contributed by atoms with E-state index in [9.17, 15) is 18.3 Å². The number of aliphatic hydroxyl groups excluding tert-OH is 1. The van der Waals surface area contributed by atoms with E-state index in [-0.39, 0.29) is 18.4 Å². The van der Waals surface area contributed by atoms with E-state index in [1.54, 1.807) is 6.07 Å². The van der Waals surface area contributed by atoms with E-state index in [1.807, 2.05) is 7.05 Å². The second kappa shape index (κ2) is 5.51. The van der Waals surface area contributed by atoms with Gasteiger partial charge in [-0.3, -0.25) is 0 Å². The fourth-order valence-corrected chi connectivity index (χ4v) is 2.79. The van der Waals surface area contributed by atoms with Gasteiger partial charge in [-0.2, -0.15) is 13.2 Å². The molecular formula is C14H18F3NO. The predicted molar refractivity (Wildman–Crippen MR) is 66.9 cm³/mol. The van der Waals surface area contributed by atoms with Gasteiger partial charge in [0.05, 0.1) is 5.56 Å². The average molecular weight is 273 g/mol. The molecule has 1 aliphatic rings. The third kappa shape index (κ3) is 3.48. The second-order valence-corrected chi connectivity index (χ2v) is 5.33. The molecule has 1 saturated heterocycles. The number of piperidine rings is 1. The highest BCUT2D eigenvalue weighted by Crippen LogP contribution is 2.34. The van der Waals surface area contributed by atoms with Crippen LogP contribution in [0.4, 0.5) is 13.2 Å². The first-order valence-electron chi connectivity index (χ1n) is 6.36. The maximum absolute atomic E-state index is 12.7. The van der Waals surface area contributed by atoms with Crippen LogP contribution in [0.5, 0.6) is 0 Å². The Kier molecular flexibility index (Phi) is 4.16. The normalized spacial score (nSPS) is 25.5. The number of likely N-dealkylation sites (N-methyl/N-ethyl adjacent to an activating group) is 1. The number of benzene rings is 1. The molecule has 1 aromatic carbocycles. The lowest BCUT2D eigenvalue weighted by Crippen LogP contribution is -2.38. The number of likely N-dealkylation sites (tertiary alicyclic amines) is 1. The van der Waals surface area contributed by atoms with Gasteiger partial charge in [0.15, 0.2) is 0 Å². The molecule has 2 rings (SSSR count). The summed E-state index contributed by atoms with van der Waals surface area (Å²) in [4.78, 5) is 2.06. The molecule has 1 heterocycles. The van der Waals surface area contributed by atoms with E-state index >= 15 is 0 Å². The first-order chi connectivity index (χ1) is 8.90. The van der Waals surface area contributed by atoms with Crippen LogP contribution in [-0.4, -0.2) is 36.8 Å². The van der Waals surface area contributed by atoms with Crippen LogP contribution in [-0.2, 0) is 6.18 Å². The van der Waals surface area contributed by atoms with Crippen LogP contribution in [0.1, 0.15) is 23.5 Å². The average Bonchev–Trinajstić information content (AvgIpc) is 2.37. The van der Waals surface area contributed by atoms with Gasteiger partial charge >= 0.3 is 6.18 Å². The van der Waals surface area contributed by atoms with Gasteiger partial charge in [-0.05, 0) is 36.9 Å². The number of alkyl halides is 3. The molecule has 0 bridgehead atoms. The Labute approximate surface area is 110 Å². The van der Waals surface area contributed by atoms with Crippen molar-refractivity contribution in [2.75, 3.05) is 26.7 Å². The van der Waals surface area contributed by atoms with Crippen molar-refractivity contribution < 1.29 is 18.3 Å². The molecule has 1 aromatic rings. The number of aliphatic hydroxyl groups is 1. The number of nitrogens with zero attached hydrogens (tertiary/aromatic N) is 1. The maximum atomic E-state index is 12.7. The molecule has 0 aromatic heterocycles. The van der Waals surface area contributed by atoms with Crippen LogP contribution in [0.3, 0.4) is 0 Å². The first kappa shape index (κ1) is 14.3. The van der Waals surface area contributed by atoms with Crippen molar-refractivity contribution in [3.05, 3.63) is 35.4 Å². The SMILES string of the molecule is CN1CC(CO)CC(c2cccc(C(F)(F)F)c2)C1. The molecule has 0 spiro atoms. The van der Waals surface area contributed by atoms with Crippen molar-refractivity contribution in [1.29, 1.82) is 0 Å². The molecular weight excluding hydrogens is 255 g/mol. The molecule has 2 atom stereocenters. The Balaban J connectivity index is 2.21. The lowest BCUT2D eigenvalue weighted by atomic mass is 9.84. The molecule has 5 heteroatoms. The third-order valence-corrected chi connectivity index (χ3v) is 3.66. The molecule has 106 valence electrons. The summed E-state index contributed by atoms with van der Waals surface area (Å²) < 4.78 is 38.1. The molecule has 1 aliphatic heterocycles. The van der Waals surface area contributed by atoms with Crippen LogP contribution < -0.4 is 0 Å². The van der Waals surface area contributed by atoms with Gasteiger partial charge in [-0.15, -0.1) is 0 Å². The molecule has 1 N–H and O–H groups in total. The zero-order chi connectivity index (χ0) is 14.0. The van der Waals surface area contributed by atoms with Crippen LogP contribution in [0, 0.1) is 5.92 Å². The lowest BCUT2D eigenvalue weighted by Gasteiger charge is -2.35. The summed E-state index contributed by atoms with van der Waals surface area (Å²) in [5.41, 5.74) is 0.110. The smallest absolute Gasteiger partial charge is 0.396 e. The Morgan fingerprint density at radius 1 is 1.32 bits per heavy atom. The fraction of sp³-hybridized carbons (Fsp3) is 0.571. The molecule has 0 saturated carbocycles. The molecule has 0 amide bonds. The maximum Gasteiger partial charge on any atom is 0.416 e. The number of hydrogen-bond acceptors (Lipinski definition) is 2. The zero-order valence-electron chi connectivity index (χ0n) is 10.8. The predicted octanol–water partition coefficient (Wildman–Crippen LogP) is 2.73. The van der Waals surface area contributed by atoms with E-state index in [1.165, 1.54) is 12.1 Å². The van der Waals surface area contributed by atoms with E-state index in [2.05, 4.69) is 4.90 Å². The van der Waals surface area contributed by atoms with Crippen molar-refractivity contribution in [3.8, 4) is 0 Å². The first-order valence-corrected chi connectivity index (χ1v) is 6.36. The third-order valence-electron chi connectivity index (χ3n) is 3.66. The van der Waals surface area contributed by atoms with Crippen LogP contribution in [0.15, 0.2) is 24.3 Å². The summed E-state index contributed by atoms with van der Waals surface area (Å²) in [6, 6.07) is 5.53. The Morgan fingerprint density at radius 2 is 2.05 bits per heavy atom. The summed E-state index contributed by atoms with van der Waals surface area (Å²) in [6.45, 7) is 1.61. The quantitative estimate of drug-likeness (QED) is 0.895. The Morgan fingerprint density at radius 3 is 2.68 bits per heavy atom. The van der Waals surface area contributed by atoms with Gasteiger partial charge in [-0.1, -0.05) is 18.2 Å². The fourth-order valence-electron chi connectivity index (χ4n) is 2.79. The van der Waals surface area contributed by atoms with Gasteiger partial charge in [0.1, 0.15) is 0 Å². The highest BCUT2D eigenvalue weighted by Gasteiger charge is 2.32. The molecule has 19 heavy (non-hydrogen) atoms. The van der Waals surface area contributed by atoms with Gasteiger partial charge in [-0.25, -0.2) is 0 Å². The van der Waals surface area contributed by atoms with Gasteiger partial charge in [0.25, 0.3) is 0 Å². The summed E-state index contributed by atoms with van der Waals surface area (Å²) in [7, 11) is 1.93. The van der Waals surface area contributed by atoms with Crippen LogP contribution in [0.2, 0.25) is 0 Å². The van der Waals surface area contributed by atoms with Gasteiger partial charge in [0.2, 0.25) is 0 Å². The van der Waals surface area contributed by atoms with Crippen molar-refractivity contribution in [3.63, 3.8) is 0 Å². The molecule has 2 unspecified atom stereocenters. The second-order valence-electron chi connectivity index (χ2n) is 5.33. The molecule has 2 nitrogen and oxygen atoms in total. The van der Waals surface area contributed by atoms with Crippen molar-refractivity contribution in [2.24, 2.45) is 5.92 Å². The molecule has 0 radical (unpaired) electrons. The minimum Gasteiger partial charge on any atom is -0.396 e. The summed E-state index contributed by atoms with van der Waals surface area (Å²) >= 11 is 0. The van der Waals surface area contributed by atoms with Crippen molar-refractivity contribution in [2.45, 2.75) is 18.5 Å². The monoisotopic (exact) mass is 273 g/mol. The van der Waals surface area contributed by atoms with Gasteiger partial charge < -0.3 is 10.0 Å². The summed E-state index contributed by atoms with van der Waals surface area (Å²) in [5, 5.41) is 9.25. The molecule has 1 fully saturated rings. The number of hydrogen-bond donors (Lipinski definition) is 1. The lowest BCUT2D eigenvalue weighted by molar-refractivity contribution is -0.137. The Hall–Kier alpha value is -1.07. The van der Waals surface area contributed by atoms with E-state index in [4.69, 9.17) is 0 Å². The zero-order valence-corrected chi connectivity index (χ0v) is 10.8. The minimum atomic E-state index is -4.30. The minimum absolute atomic E-state index is 0.0539. The molecule has 0 aliphatic carbocycles. The van der Waals surface area contributed by atoms with Crippen molar-refractivity contribution >= 4 is 0 Å². The highest BCUT2D eigenvalue weighted by atomic mass is 19.4. The number of rotatable bonds is 2. The Bertz CT molecular complexity index is 433. The standard InChI is InChI=1S/C14H18F3NO/c1-18-7-10(9-19)5-12(8-18)11-3-2-4-13(6-11)14(15,16)17/h2-4,6,10,12,19H,5,7-9H2,1H3. The topological polar surface area (TPSA) is 23.5 Å². The van der Waals surface area contributed by atoms with E-state index < -0.39 is 11.7 Å². The highest BCUT2D eigenvalue weighted by molar-refractivity contribution is 5.29. The summed E-state index contributed by atoms with van der Waals surface area (Å²) in [5.74, 6) is 0.191.